The number of rotatable bonds is 4. The largest absolute Gasteiger partial charge is 0.480 e. The number of carboxylic acid groups (broad SMARTS) is 1. The quantitative estimate of drug-likeness (QED) is 0.761. The summed E-state index contributed by atoms with van der Waals surface area (Å²) in [4.78, 5) is 10.1. The lowest BCUT2D eigenvalue weighted by Crippen LogP contribution is -2.16. The molecule has 0 amide bonds. The number of carbonyl (C=O) groups is 1. The molecule has 1 aromatic rings. The van der Waals surface area contributed by atoms with Crippen molar-refractivity contribution in [2.24, 2.45) is 0 Å². The minimum Gasteiger partial charge on any atom is -0.480 e. The molecule has 6 heteroatoms. The lowest BCUT2D eigenvalue weighted by molar-refractivity contribution is -0.134. The third kappa shape index (κ3) is 3.29. The van der Waals surface area contributed by atoms with E-state index in [-0.39, 0.29) is 11.5 Å². The molecule has 72 valence electrons. The lowest BCUT2D eigenvalue weighted by atomic mass is 10.5. The van der Waals surface area contributed by atoms with E-state index >= 15 is 0 Å². The molecule has 0 saturated heterocycles. The average Bonchev–Trinajstić information content (AvgIpc) is 2.34. The van der Waals surface area contributed by atoms with Crippen molar-refractivity contribution in [1.82, 2.24) is 0 Å². The first-order valence-electron chi connectivity index (χ1n) is 3.44. The van der Waals surface area contributed by atoms with Gasteiger partial charge in [0.25, 0.3) is 0 Å². The Bertz CT molecular complexity index is 375. The van der Waals surface area contributed by atoms with E-state index in [9.17, 15) is 13.2 Å². The Morgan fingerprint density at radius 3 is 2.69 bits per heavy atom. The number of carboxylic acids is 1. The van der Waals surface area contributed by atoms with Crippen LogP contribution in [0.3, 0.4) is 0 Å². The van der Waals surface area contributed by atoms with Crippen molar-refractivity contribution in [1.29, 1.82) is 0 Å². The zero-order valence-corrected chi connectivity index (χ0v) is 7.45. The normalized spacial score (nSPS) is 11.4. The fourth-order valence-corrected chi connectivity index (χ4v) is 1.93. The molecule has 0 radical (unpaired) electrons. The SMILES string of the molecule is O=C(O)CS(=O)(=O)Cc1ccco1. The molecule has 1 N–H and O–H groups in total. The fourth-order valence-electron chi connectivity index (χ4n) is 0.851. The van der Waals surface area contributed by atoms with Crippen LogP contribution in [0, 0.1) is 0 Å². The van der Waals surface area contributed by atoms with Crippen LogP contribution in [0.4, 0.5) is 0 Å². The Hall–Kier alpha value is -1.30. The third-order valence-electron chi connectivity index (χ3n) is 1.29. The summed E-state index contributed by atoms with van der Waals surface area (Å²) in [5.74, 6) is -2.34. The molecular weight excluding hydrogens is 196 g/mol. The standard InChI is InChI=1S/C7H8O5S/c8-7(9)5-13(10,11)4-6-2-1-3-12-6/h1-3H,4-5H2,(H,8,9). The van der Waals surface area contributed by atoms with Crippen LogP contribution in [0.1, 0.15) is 5.76 Å². The van der Waals surface area contributed by atoms with Crippen LogP contribution in [0.25, 0.3) is 0 Å². The summed E-state index contributed by atoms with van der Waals surface area (Å²) in [6.45, 7) is 0. The molecule has 1 rings (SSSR count). The third-order valence-corrected chi connectivity index (χ3v) is 2.70. The van der Waals surface area contributed by atoms with E-state index in [1.54, 1.807) is 6.07 Å². The second kappa shape index (κ2) is 3.61. The van der Waals surface area contributed by atoms with E-state index in [1.807, 2.05) is 0 Å². The predicted molar refractivity (Wildman–Crippen MR) is 43.8 cm³/mol. The van der Waals surface area contributed by atoms with Crippen molar-refractivity contribution in [3.8, 4) is 0 Å². The summed E-state index contributed by atoms with van der Waals surface area (Å²) < 4.78 is 26.9. The number of hydrogen-bond acceptors (Lipinski definition) is 4. The van der Waals surface area contributed by atoms with Crippen LogP contribution < -0.4 is 0 Å². The molecule has 0 aliphatic carbocycles. The molecule has 0 aliphatic heterocycles. The van der Waals surface area contributed by atoms with Crippen molar-refractivity contribution in [2.45, 2.75) is 5.75 Å². The van der Waals surface area contributed by atoms with Gasteiger partial charge >= 0.3 is 5.97 Å². The second-order valence-electron chi connectivity index (χ2n) is 2.51. The first kappa shape index (κ1) is 9.79. The molecule has 0 atom stereocenters. The molecule has 0 fully saturated rings. The van der Waals surface area contributed by atoms with Crippen molar-refractivity contribution < 1.29 is 22.7 Å². The maximum absolute atomic E-state index is 11.1. The Kier molecular flexibility index (Phi) is 2.72. The minimum absolute atomic E-state index is 0.251. The van der Waals surface area contributed by atoms with E-state index in [4.69, 9.17) is 9.52 Å². The average molecular weight is 204 g/mol. The van der Waals surface area contributed by atoms with Crippen LogP contribution in [-0.2, 0) is 20.4 Å². The van der Waals surface area contributed by atoms with Gasteiger partial charge in [0.2, 0.25) is 0 Å². The summed E-state index contributed by atoms with van der Waals surface area (Å²) in [7, 11) is -3.60. The van der Waals surface area contributed by atoms with E-state index in [0.717, 1.165) is 0 Å². The van der Waals surface area contributed by atoms with Crippen molar-refractivity contribution in [3.63, 3.8) is 0 Å². The van der Waals surface area contributed by atoms with Crippen LogP contribution in [0.2, 0.25) is 0 Å². The van der Waals surface area contributed by atoms with Gasteiger partial charge in [0.05, 0.1) is 6.26 Å². The van der Waals surface area contributed by atoms with Gasteiger partial charge in [0, 0.05) is 0 Å². The van der Waals surface area contributed by atoms with Gasteiger partial charge in [-0.3, -0.25) is 4.79 Å². The molecule has 0 unspecified atom stereocenters. The molecule has 5 nitrogen and oxygen atoms in total. The molecule has 0 spiro atoms. The zero-order valence-electron chi connectivity index (χ0n) is 6.63. The van der Waals surface area contributed by atoms with Crippen molar-refractivity contribution >= 4 is 15.8 Å². The lowest BCUT2D eigenvalue weighted by Gasteiger charge is -1.96. The van der Waals surface area contributed by atoms with Crippen LogP contribution in [-0.4, -0.2) is 25.2 Å². The maximum Gasteiger partial charge on any atom is 0.318 e. The monoisotopic (exact) mass is 204 g/mol. The molecular formula is C7H8O5S. The highest BCUT2D eigenvalue weighted by Gasteiger charge is 2.17. The number of sulfone groups is 1. The highest BCUT2D eigenvalue weighted by molar-refractivity contribution is 7.91. The van der Waals surface area contributed by atoms with Gasteiger partial charge in [-0.2, -0.15) is 0 Å². The van der Waals surface area contributed by atoms with Crippen LogP contribution in [0.5, 0.6) is 0 Å². The van der Waals surface area contributed by atoms with E-state index in [0.29, 0.717) is 0 Å². The van der Waals surface area contributed by atoms with Crippen molar-refractivity contribution in [2.75, 3.05) is 5.75 Å². The van der Waals surface area contributed by atoms with Gasteiger partial charge < -0.3 is 9.52 Å². The maximum atomic E-state index is 11.1. The summed E-state index contributed by atoms with van der Waals surface area (Å²) in [5.41, 5.74) is 0. The summed E-state index contributed by atoms with van der Waals surface area (Å²) >= 11 is 0. The van der Waals surface area contributed by atoms with Crippen LogP contribution in [0.15, 0.2) is 22.8 Å². The minimum atomic E-state index is -3.60. The van der Waals surface area contributed by atoms with Gasteiger partial charge in [-0.15, -0.1) is 0 Å². The topological polar surface area (TPSA) is 84.6 Å². The zero-order chi connectivity index (χ0) is 9.90. The fraction of sp³-hybridized carbons (Fsp3) is 0.286. The second-order valence-corrected chi connectivity index (χ2v) is 4.57. The number of hydrogen-bond donors (Lipinski definition) is 1. The van der Waals surface area contributed by atoms with Gasteiger partial charge in [0.1, 0.15) is 17.3 Å². The van der Waals surface area contributed by atoms with E-state index in [2.05, 4.69) is 0 Å². The summed E-state index contributed by atoms with van der Waals surface area (Å²) in [6, 6.07) is 3.03. The molecule has 0 aliphatic rings. The summed E-state index contributed by atoms with van der Waals surface area (Å²) in [6.07, 6.45) is 1.34. The molecule has 0 saturated carbocycles. The van der Waals surface area contributed by atoms with E-state index < -0.39 is 21.6 Å². The van der Waals surface area contributed by atoms with Gasteiger partial charge in [-0.1, -0.05) is 0 Å². The Morgan fingerprint density at radius 2 is 2.23 bits per heavy atom. The number of aliphatic carboxylic acids is 1. The van der Waals surface area contributed by atoms with Crippen molar-refractivity contribution in [3.05, 3.63) is 24.2 Å². The molecule has 0 aromatic carbocycles. The van der Waals surface area contributed by atoms with Gasteiger partial charge in [-0.05, 0) is 12.1 Å². The Morgan fingerprint density at radius 1 is 1.54 bits per heavy atom. The van der Waals surface area contributed by atoms with Crippen LogP contribution >= 0.6 is 0 Å². The van der Waals surface area contributed by atoms with Gasteiger partial charge in [0.15, 0.2) is 9.84 Å². The Labute approximate surface area is 74.9 Å². The van der Waals surface area contributed by atoms with Gasteiger partial charge in [-0.25, -0.2) is 8.42 Å². The predicted octanol–water partition coefficient (Wildman–Crippen LogP) is 0.279. The highest BCUT2D eigenvalue weighted by atomic mass is 32.2. The molecule has 1 heterocycles. The molecule has 0 bridgehead atoms. The molecule has 13 heavy (non-hydrogen) atoms. The van der Waals surface area contributed by atoms with E-state index in [1.165, 1.54) is 12.3 Å². The first-order valence-corrected chi connectivity index (χ1v) is 5.26. The highest BCUT2D eigenvalue weighted by Crippen LogP contribution is 2.06. The summed E-state index contributed by atoms with van der Waals surface area (Å²) in [5, 5.41) is 8.27. The first-order chi connectivity index (χ1) is 5.99. The smallest absolute Gasteiger partial charge is 0.318 e. The Balaban J connectivity index is 2.68. The number of furan rings is 1. The molecule has 1 aromatic heterocycles.